The van der Waals surface area contributed by atoms with Crippen molar-refractivity contribution < 1.29 is 18.3 Å². The number of amides is 1. The van der Waals surface area contributed by atoms with Crippen molar-refractivity contribution in [1.29, 1.82) is 0 Å². The van der Waals surface area contributed by atoms with Crippen LogP contribution in [0.25, 0.3) is 0 Å². The molecule has 1 heterocycles. The minimum atomic E-state index is -2.48. The zero-order chi connectivity index (χ0) is 16.3. The second-order valence-corrected chi connectivity index (χ2v) is 6.45. The van der Waals surface area contributed by atoms with Crippen LogP contribution in [0.5, 0.6) is 0 Å². The summed E-state index contributed by atoms with van der Waals surface area (Å²) in [5, 5.41) is 0. The predicted molar refractivity (Wildman–Crippen MR) is 83.2 cm³/mol. The van der Waals surface area contributed by atoms with Crippen LogP contribution in [0.15, 0.2) is 30.3 Å². The van der Waals surface area contributed by atoms with E-state index in [0.717, 1.165) is 25.8 Å². The van der Waals surface area contributed by atoms with E-state index in [0.29, 0.717) is 5.92 Å². The first kappa shape index (κ1) is 16.4. The molecule has 3 rings (SSSR count). The largest absolute Gasteiger partial charge is 0.375 e. The lowest BCUT2D eigenvalue weighted by molar-refractivity contribution is -0.168. The highest BCUT2D eigenvalue weighted by Crippen LogP contribution is 2.53. The molecule has 2 atom stereocenters. The number of alkyl halides is 2. The van der Waals surface area contributed by atoms with Crippen LogP contribution in [0.2, 0.25) is 0 Å². The number of likely N-dealkylation sites (tertiary alicyclic amines) is 1. The van der Waals surface area contributed by atoms with E-state index in [1.165, 1.54) is 12.0 Å². The number of ether oxygens (including phenoxy) is 1. The van der Waals surface area contributed by atoms with Gasteiger partial charge in [-0.15, -0.1) is 0 Å². The molecule has 0 unspecified atom stereocenters. The van der Waals surface area contributed by atoms with Gasteiger partial charge in [0, 0.05) is 12.5 Å². The van der Waals surface area contributed by atoms with E-state index in [4.69, 9.17) is 4.74 Å². The third-order valence-electron chi connectivity index (χ3n) is 5.20. The fraction of sp³-hybridized carbons (Fsp3) is 0.611. The molecule has 126 valence electrons. The first-order valence-electron chi connectivity index (χ1n) is 8.36. The Bertz CT molecular complexity index is 537. The lowest BCUT2D eigenvalue weighted by Gasteiger charge is -2.61. The minimum absolute atomic E-state index is 0.0151. The highest BCUT2D eigenvalue weighted by Gasteiger charge is 2.56. The van der Waals surface area contributed by atoms with Crippen LogP contribution in [0.4, 0.5) is 8.78 Å². The lowest BCUT2D eigenvalue weighted by atomic mass is 9.61. The van der Waals surface area contributed by atoms with Crippen LogP contribution < -0.4 is 0 Å². The van der Waals surface area contributed by atoms with E-state index in [1.54, 1.807) is 0 Å². The molecular weight excluding hydrogens is 300 g/mol. The molecule has 2 aliphatic rings. The van der Waals surface area contributed by atoms with Gasteiger partial charge >= 0.3 is 0 Å². The van der Waals surface area contributed by atoms with Crippen LogP contribution >= 0.6 is 0 Å². The molecular formula is C18H23F2NO2. The van der Waals surface area contributed by atoms with Gasteiger partial charge in [0.05, 0.1) is 18.6 Å². The van der Waals surface area contributed by atoms with E-state index >= 15 is 0 Å². The van der Waals surface area contributed by atoms with Crippen LogP contribution in [0, 0.1) is 5.92 Å². The maximum absolute atomic E-state index is 12.6. The second kappa shape index (κ2) is 6.95. The van der Waals surface area contributed by atoms with Gasteiger partial charge in [0.1, 0.15) is 6.61 Å². The number of fused-ring (bicyclic) bond motifs is 1. The van der Waals surface area contributed by atoms with Crippen molar-refractivity contribution in [2.75, 3.05) is 19.8 Å². The number of carbonyl (C=O) groups is 1. The third kappa shape index (κ3) is 3.11. The molecule has 5 heteroatoms. The quantitative estimate of drug-likeness (QED) is 0.749. The Hall–Kier alpha value is -1.49. The zero-order valence-corrected chi connectivity index (χ0v) is 13.2. The van der Waals surface area contributed by atoms with Crippen molar-refractivity contribution in [3.05, 3.63) is 35.9 Å². The number of nitrogens with zero attached hydrogens (tertiary/aromatic N) is 1. The number of benzene rings is 1. The summed E-state index contributed by atoms with van der Waals surface area (Å²) in [5.41, 5.74) is 1.03. The van der Waals surface area contributed by atoms with Gasteiger partial charge in [0.2, 0.25) is 5.91 Å². The minimum Gasteiger partial charge on any atom is -0.375 e. The maximum Gasteiger partial charge on any atom is 0.261 e. The summed E-state index contributed by atoms with van der Waals surface area (Å²) in [4.78, 5) is 14.5. The van der Waals surface area contributed by atoms with Crippen molar-refractivity contribution in [1.82, 2.24) is 4.90 Å². The molecule has 1 saturated carbocycles. The van der Waals surface area contributed by atoms with Crippen molar-refractivity contribution in [3.8, 4) is 0 Å². The van der Waals surface area contributed by atoms with Gasteiger partial charge in [0.25, 0.3) is 6.43 Å². The van der Waals surface area contributed by atoms with Gasteiger partial charge < -0.3 is 9.64 Å². The SMILES string of the molecule is O=C(CCOCC(F)F)N1C[C@@H]2CCCC[C@@]21c1ccccc1. The Balaban J connectivity index is 1.68. The number of hydrogen-bond acceptors (Lipinski definition) is 2. The summed E-state index contributed by atoms with van der Waals surface area (Å²) in [6.07, 6.45) is 2.18. The normalized spacial score (nSPS) is 26.7. The molecule has 1 amide bonds. The second-order valence-electron chi connectivity index (χ2n) is 6.45. The molecule has 2 fully saturated rings. The highest BCUT2D eigenvalue weighted by molar-refractivity contribution is 5.78. The maximum atomic E-state index is 12.6. The zero-order valence-electron chi connectivity index (χ0n) is 13.2. The van der Waals surface area contributed by atoms with Crippen LogP contribution in [-0.4, -0.2) is 37.0 Å². The molecule has 0 radical (unpaired) electrons. The van der Waals surface area contributed by atoms with Crippen LogP contribution in [0.3, 0.4) is 0 Å². The number of hydrogen-bond donors (Lipinski definition) is 0. The Morgan fingerprint density at radius 1 is 1.30 bits per heavy atom. The fourth-order valence-corrected chi connectivity index (χ4v) is 4.15. The molecule has 1 aromatic rings. The molecule has 23 heavy (non-hydrogen) atoms. The van der Waals surface area contributed by atoms with E-state index in [2.05, 4.69) is 12.1 Å². The predicted octanol–water partition coefficient (Wildman–Crippen LogP) is 3.59. The fourth-order valence-electron chi connectivity index (χ4n) is 4.15. The van der Waals surface area contributed by atoms with Gasteiger partial charge in [-0.2, -0.15) is 0 Å². The number of rotatable bonds is 6. The Kier molecular flexibility index (Phi) is 4.95. The summed E-state index contributed by atoms with van der Waals surface area (Å²) >= 11 is 0. The Morgan fingerprint density at radius 3 is 2.78 bits per heavy atom. The summed E-state index contributed by atoms with van der Waals surface area (Å²) in [5.74, 6) is 0.533. The average molecular weight is 323 g/mol. The monoisotopic (exact) mass is 323 g/mol. The molecule has 1 aliphatic carbocycles. The summed E-state index contributed by atoms with van der Waals surface area (Å²) in [6, 6.07) is 10.2. The molecule has 0 bridgehead atoms. The number of halogens is 2. The Morgan fingerprint density at radius 2 is 2.09 bits per heavy atom. The van der Waals surface area contributed by atoms with Gasteiger partial charge in [-0.25, -0.2) is 8.78 Å². The standard InChI is InChI=1S/C18H23F2NO2/c19-16(20)13-23-11-9-17(22)21-12-15-8-4-5-10-18(15,21)14-6-2-1-3-7-14/h1-3,6-7,15-16H,4-5,8-13H2/t15-,18+/m0/s1. The Labute approximate surface area is 135 Å². The van der Waals surface area contributed by atoms with Crippen molar-refractivity contribution in [2.45, 2.75) is 44.1 Å². The van der Waals surface area contributed by atoms with Gasteiger partial charge in [-0.1, -0.05) is 43.2 Å². The lowest BCUT2D eigenvalue weighted by Crippen LogP contribution is -2.67. The van der Waals surface area contributed by atoms with Crippen LogP contribution in [-0.2, 0) is 15.1 Å². The molecule has 1 aliphatic heterocycles. The van der Waals surface area contributed by atoms with E-state index < -0.39 is 13.0 Å². The van der Waals surface area contributed by atoms with Crippen molar-refractivity contribution in [3.63, 3.8) is 0 Å². The molecule has 0 spiro atoms. The average Bonchev–Trinajstić information content (AvgIpc) is 2.53. The molecule has 1 saturated heterocycles. The molecule has 0 aromatic heterocycles. The third-order valence-corrected chi connectivity index (χ3v) is 5.20. The van der Waals surface area contributed by atoms with Crippen molar-refractivity contribution in [2.24, 2.45) is 5.92 Å². The topological polar surface area (TPSA) is 29.5 Å². The first-order valence-corrected chi connectivity index (χ1v) is 8.36. The smallest absolute Gasteiger partial charge is 0.261 e. The van der Waals surface area contributed by atoms with Gasteiger partial charge in [-0.3, -0.25) is 4.79 Å². The summed E-state index contributed by atoms with van der Waals surface area (Å²) in [6.45, 7) is 0.248. The summed E-state index contributed by atoms with van der Waals surface area (Å²) in [7, 11) is 0. The highest BCUT2D eigenvalue weighted by atomic mass is 19.3. The van der Waals surface area contributed by atoms with E-state index in [1.807, 2.05) is 23.1 Å². The summed E-state index contributed by atoms with van der Waals surface area (Å²) < 4.78 is 29.0. The van der Waals surface area contributed by atoms with Crippen molar-refractivity contribution >= 4 is 5.91 Å². The van der Waals surface area contributed by atoms with Crippen LogP contribution in [0.1, 0.15) is 37.7 Å². The first-order chi connectivity index (χ1) is 11.1. The van der Waals surface area contributed by atoms with E-state index in [-0.39, 0.29) is 24.5 Å². The molecule has 0 N–H and O–H groups in total. The van der Waals surface area contributed by atoms with Gasteiger partial charge in [-0.05, 0) is 18.4 Å². The number of carbonyl (C=O) groups excluding carboxylic acids is 1. The van der Waals surface area contributed by atoms with E-state index in [9.17, 15) is 13.6 Å². The van der Waals surface area contributed by atoms with Gasteiger partial charge in [0.15, 0.2) is 0 Å². The molecule has 1 aromatic carbocycles. The molecule has 3 nitrogen and oxygen atoms in total.